The molecule has 0 aliphatic heterocycles. The summed E-state index contributed by atoms with van der Waals surface area (Å²) in [5, 5.41) is 7.32. The predicted molar refractivity (Wildman–Crippen MR) is 180 cm³/mol. The molecule has 0 aliphatic rings. The Labute approximate surface area is 248 Å². The number of hydrogen-bond donors (Lipinski definition) is 0. The van der Waals surface area contributed by atoms with E-state index in [1.54, 1.807) is 0 Å². The molecule has 0 N–H and O–H groups in total. The van der Waals surface area contributed by atoms with E-state index in [1.807, 2.05) is 12.1 Å². The first-order chi connectivity index (χ1) is 21.3. The molecule has 0 unspecified atom stereocenters. The quantitative estimate of drug-likeness (QED) is 0.206. The molecule has 2 heterocycles. The lowest BCUT2D eigenvalue weighted by Crippen LogP contribution is -1.97. The largest absolute Gasteiger partial charge is 0.309 e. The van der Waals surface area contributed by atoms with Crippen LogP contribution in [0.15, 0.2) is 152 Å². The summed E-state index contributed by atoms with van der Waals surface area (Å²) in [6, 6.07) is 53.5. The Hall–Kier alpha value is -5.80. The van der Waals surface area contributed by atoms with Gasteiger partial charge in [0.15, 0.2) is 0 Å². The fraction of sp³-hybridized carbons (Fsp3) is 0. The van der Waals surface area contributed by atoms with Gasteiger partial charge < -0.3 is 4.57 Å². The highest BCUT2D eigenvalue weighted by molar-refractivity contribution is 6.21. The van der Waals surface area contributed by atoms with Crippen molar-refractivity contribution in [3.63, 3.8) is 0 Å². The highest BCUT2D eigenvalue weighted by Crippen LogP contribution is 2.38. The molecule has 3 heteroatoms. The van der Waals surface area contributed by atoms with Crippen molar-refractivity contribution in [2.75, 3.05) is 0 Å². The van der Waals surface area contributed by atoms with Gasteiger partial charge in [-0.3, -0.25) is 0 Å². The fourth-order valence-electron chi connectivity index (χ4n) is 6.59. The van der Waals surface area contributed by atoms with Crippen molar-refractivity contribution in [1.29, 1.82) is 0 Å². The van der Waals surface area contributed by atoms with Crippen LogP contribution in [-0.4, -0.2) is 14.5 Å². The molecule has 43 heavy (non-hydrogen) atoms. The number of para-hydroxylation sites is 1. The topological polar surface area (TPSA) is 30.7 Å². The second-order valence-electron chi connectivity index (χ2n) is 11.0. The Bertz CT molecular complexity index is 2490. The maximum Gasteiger partial charge on any atom is 0.0973 e. The molecule has 0 spiro atoms. The molecule has 3 nitrogen and oxygen atoms in total. The van der Waals surface area contributed by atoms with Crippen molar-refractivity contribution in [2.24, 2.45) is 0 Å². The molecule has 0 atom stereocenters. The molecule has 0 saturated carbocycles. The van der Waals surface area contributed by atoms with Crippen molar-refractivity contribution >= 4 is 54.4 Å². The van der Waals surface area contributed by atoms with Gasteiger partial charge in [-0.2, -0.15) is 0 Å². The van der Waals surface area contributed by atoms with Crippen LogP contribution in [0.4, 0.5) is 0 Å². The van der Waals surface area contributed by atoms with E-state index >= 15 is 0 Å². The summed E-state index contributed by atoms with van der Waals surface area (Å²) in [7, 11) is 0. The summed E-state index contributed by atoms with van der Waals surface area (Å²) in [6.07, 6.45) is 0. The average Bonchev–Trinajstić information content (AvgIpc) is 3.43. The molecule has 200 valence electrons. The predicted octanol–water partition coefficient (Wildman–Crippen LogP) is 10.4. The molecule has 0 fully saturated rings. The van der Waals surface area contributed by atoms with E-state index in [-0.39, 0.29) is 0 Å². The van der Waals surface area contributed by atoms with Crippen LogP contribution < -0.4 is 0 Å². The number of hydrogen-bond acceptors (Lipinski definition) is 2. The van der Waals surface area contributed by atoms with Crippen molar-refractivity contribution < 1.29 is 0 Å². The van der Waals surface area contributed by atoms with Crippen LogP contribution in [0.2, 0.25) is 0 Å². The molecule has 2 aromatic heterocycles. The zero-order chi connectivity index (χ0) is 28.3. The third-order valence-corrected chi connectivity index (χ3v) is 8.55. The second kappa shape index (κ2) is 9.37. The lowest BCUT2D eigenvalue weighted by atomic mass is 10.0. The van der Waals surface area contributed by atoms with Crippen LogP contribution >= 0.6 is 0 Å². The van der Waals surface area contributed by atoms with Gasteiger partial charge >= 0.3 is 0 Å². The normalized spacial score (nSPS) is 11.7. The van der Waals surface area contributed by atoms with E-state index in [9.17, 15) is 0 Å². The minimum atomic E-state index is 0.891. The second-order valence-corrected chi connectivity index (χ2v) is 11.0. The Kier molecular flexibility index (Phi) is 5.20. The Morgan fingerprint density at radius 3 is 1.86 bits per heavy atom. The highest BCUT2D eigenvalue weighted by Gasteiger charge is 2.17. The van der Waals surface area contributed by atoms with Crippen LogP contribution in [0.25, 0.3) is 82.6 Å². The lowest BCUT2D eigenvalue weighted by molar-refractivity contribution is 1.19. The molecular weight excluding hydrogens is 522 g/mol. The average molecular weight is 548 g/mol. The first-order valence-corrected chi connectivity index (χ1v) is 14.6. The third-order valence-electron chi connectivity index (χ3n) is 8.55. The van der Waals surface area contributed by atoms with Crippen molar-refractivity contribution in [3.8, 4) is 28.2 Å². The summed E-state index contributed by atoms with van der Waals surface area (Å²) in [5.74, 6) is 0. The minimum Gasteiger partial charge on any atom is -0.309 e. The summed E-state index contributed by atoms with van der Waals surface area (Å²) in [4.78, 5) is 10.5. The van der Waals surface area contributed by atoms with Crippen LogP contribution in [0.5, 0.6) is 0 Å². The van der Waals surface area contributed by atoms with Crippen molar-refractivity contribution in [2.45, 2.75) is 0 Å². The zero-order valence-electron chi connectivity index (χ0n) is 23.3. The van der Waals surface area contributed by atoms with Crippen molar-refractivity contribution in [3.05, 3.63) is 152 Å². The summed E-state index contributed by atoms with van der Waals surface area (Å²) in [5.41, 5.74) is 9.25. The van der Waals surface area contributed by atoms with E-state index in [0.29, 0.717) is 0 Å². The highest BCUT2D eigenvalue weighted by atomic mass is 15.0. The van der Waals surface area contributed by atoms with Crippen LogP contribution in [-0.2, 0) is 0 Å². The van der Waals surface area contributed by atoms with Gasteiger partial charge in [-0.1, -0.05) is 121 Å². The number of nitrogens with zero attached hydrogens (tertiary/aromatic N) is 3. The standard InChI is InChI=1S/C40H25N3/c1-3-12-27(13-4-1)38-39(28-14-5-2-6-15-28)42-40-32-22-21-30(25-29(32)19-23-34(40)41-38)43-35-18-10-9-17-33(35)37-31-16-8-7-11-26(31)20-24-36(37)43/h1-25H. The molecule has 0 bridgehead atoms. The first-order valence-electron chi connectivity index (χ1n) is 14.6. The molecular formula is C40H25N3. The third kappa shape index (κ3) is 3.68. The van der Waals surface area contributed by atoms with E-state index in [2.05, 4.69) is 144 Å². The van der Waals surface area contributed by atoms with Gasteiger partial charge in [0.2, 0.25) is 0 Å². The molecule has 0 saturated heterocycles. The van der Waals surface area contributed by atoms with Crippen LogP contribution in [0.3, 0.4) is 0 Å². The number of rotatable bonds is 3. The summed E-state index contributed by atoms with van der Waals surface area (Å²) < 4.78 is 2.39. The number of fused-ring (bicyclic) bond motifs is 8. The van der Waals surface area contributed by atoms with Crippen molar-refractivity contribution in [1.82, 2.24) is 14.5 Å². The molecule has 9 aromatic rings. The molecule has 7 aromatic carbocycles. The molecule has 0 amide bonds. The zero-order valence-corrected chi connectivity index (χ0v) is 23.3. The van der Waals surface area contributed by atoms with E-state index in [1.165, 1.54) is 32.6 Å². The van der Waals surface area contributed by atoms with E-state index in [4.69, 9.17) is 9.97 Å². The Morgan fingerprint density at radius 2 is 1.07 bits per heavy atom. The summed E-state index contributed by atoms with van der Waals surface area (Å²) in [6.45, 7) is 0. The smallest absolute Gasteiger partial charge is 0.0973 e. The molecule has 9 rings (SSSR count). The SMILES string of the molecule is c1ccc(-c2nc3ccc4cc(-n5c6ccccc6c6c7ccccc7ccc65)ccc4c3nc2-c2ccccc2)cc1. The number of benzene rings is 7. The van der Waals surface area contributed by atoms with Gasteiger partial charge in [0.25, 0.3) is 0 Å². The van der Waals surface area contributed by atoms with Gasteiger partial charge in [0, 0.05) is 33.0 Å². The summed E-state index contributed by atoms with van der Waals surface area (Å²) >= 11 is 0. The van der Waals surface area contributed by atoms with Crippen LogP contribution in [0.1, 0.15) is 0 Å². The fourth-order valence-corrected chi connectivity index (χ4v) is 6.59. The Balaban J connectivity index is 1.30. The molecule has 0 radical (unpaired) electrons. The van der Waals surface area contributed by atoms with Gasteiger partial charge in [0.05, 0.1) is 33.5 Å². The lowest BCUT2D eigenvalue weighted by Gasteiger charge is -2.13. The number of aromatic nitrogens is 3. The van der Waals surface area contributed by atoms with Gasteiger partial charge in [0.1, 0.15) is 0 Å². The van der Waals surface area contributed by atoms with Crippen LogP contribution in [0, 0.1) is 0 Å². The molecule has 0 aliphatic carbocycles. The maximum atomic E-state index is 5.31. The minimum absolute atomic E-state index is 0.891. The first kappa shape index (κ1) is 23.9. The van der Waals surface area contributed by atoms with E-state index < -0.39 is 0 Å². The monoisotopic (exact) mass is 547 g/mol. The van der Waals surface area contributed by atoms with Gasteiger partial charge in [-0.15, -0.1) is 0 Å². The maximum absolute atomic E-state index is 5.31. The van der Waals surface area contributed by atoms with E-state index in [0.717, 1.165) is 50.0 Å². The van der Waals surface area contributed by atoms with Gasteiger partial charge in [-0.05, 0) is 46.5 Å². The Morgan fingerprint density at radius 1 is 0.419 bits per heavy atom. The van der Waals surface area contributed by atoms with Gasteiger partial charge in [-0.25, -0.2) is 9.97 Å².